The van der Waals surface area contributed by atoms with E-state index < -0.39 is 5.41 Å². The number of hydrogen-bond acceptors (Lipinski definition) is 3. The maximum absolute atomic E-state index is 12.4. The highest BCUT2D eigenvalue weighted by Crippen LogP contribution is 2.25. The number of halogens is 1. The predicted octanol–water partition coefficient (Wildman–Crippen LogP) is 3.27. The van der Waals surface area contributed by atoms with Crippen LogP contribution < -0.4 is 15.8 Å². The van der Waals surface area contributed by atoms with Crippen LogP contribution in [0.15, 0.2) is 24.3 Å². The Morgan fingerprint density at radius 2 is 1.78 bits per heavy atom. The van der Waals surface area contributed by atoms with Gasteiger partial charge in [0.25, 0.3) is 0 Å². The molecule has 0 aromatic heterocycles. The van der Waals surface area contributed by atoms with Crippen molar-refractivity contribution in [3.05, 3.63) is 29.8 Å². The molecule has 0 saturated carbocycles. The maximum atomic E-state index is 12.4. The number of rotatable bonds is 8. The van der Waals surface area contributed by atoms with Gasteiger partial charge < -0.3 is 15.8 Å². The van der Waals surface area contributed by atoms with E-state index in [4.69, 9.17) is 10.5 Å². The molecule has 0 heterocycles. The Labute approximate surface area is 146 Å². The third-order valence-corrected chi connectivity index (χ3v) is 3.61. The van der Waals surface area contributed by atoms with E-state index in [0.29, 0.717) is 19.1 Å². The van der Waals surface area contributed by atoms with Gasteiger partial charge in [0.2, 0.25) is 5.91 Å². The largest absolute Gasteiger partial charge is 0.493 e. The highest BCUT2D eigenvalue weighted by molar-refractivity contribution is 5.87. The highest BCUT2D eigenvalue weighted by Gasteiger charge is 2.29. The van der Waals surface area contributed by atoms with Crippen LogP contribution in [-0.4, -0.2) is 25.1 Å². The van der Waals surface area contributed by atoms with Crippen molar-refractivity contribution in [1.29, 1.82) is 0 Å². The van der Waals surface area contributed by atoms with E-state index in [1.165, 1.54) is 0 Å². The van der Waals surface area contributed by atoms with Crippen LogP contribution in [0.3, 0.4) is 0 Å². The number of benzene rings is 1. The monoisotopic (exact) mass is 342 g/mol. The molecule has 0 aliphatic rings. The summed E-state index contributed by atoms with van der Waals surface area (Å²) in [5.74, 6) is 1.35. The zero-order valence-corrected chi connectivity index (χ0v) is 15.7. The Balaban J connectivity index is 0.00000484. The second-order valence-electron chi connectivity index (χ2n) is 6.88. The molecule has 0 radical (unpaired) electrons. The fraction of sp³-hybridized carbons (Fsp3) is 0.611. The Bertz CT molecular complexity index is 470. The van der Waals surface area contributed by atoms with Gasteiger partial charge in [-0.2, -0.15) is 0 Å². The summed E-state index contributed by atoms with van der Waals surface area (Å²) in [6.45, 7) is 11.3. The van der Waals surface area contributed by atoms with Crippen molar-refractivity contribution in [2.24, 2.45) is 11.7 Å². The average molecular weight is 343 g/mol. The topological polar surface area (TPSA) is 64.3 Å². The molecule has 0 aliphatic carbocycles. The SMILES string of the molecule is CC(C)COc1ccc(C(C)(C)C(=O)NCCC(C)N)cc1.Cl. The zero-order valence-electron chi connectivity index (χ0n) is 14.9. The minimum Gasteiger partial charge on any atom is -0.493 e. The first-order chi connectivity index (χ1) is 10.2. The first kappa shape index (κ1) is 21.7. The normalized spacial score (nSPS) is 12.5. The smallest absolute Gasteiger partial charge is 0.230 e. The lowest BCUT2D eigenvalue weighted by molar-refractivity contribution is -0.125. The summed E-state index contributed by atoms with van der Waals surface area (Å²) in [6, 6.07) is 7.87. The lowest BCUT2D eigenvalue weighted by Gasteiger charge is -2.24. The van der Waals surface area contributed by atoms with Crippen LogP contribution in [0.25, 0.3) is 0 Å². The lowest BCUT2D eigenvalue weighted by atomic mass is 9.83. The summed E-state index contributed by atoms with van der Waals surface area (Å²) in [5, 5.41) is 2.96. The number of hydrogen-bond donors (Lipinski definition) is 2. The summed E-state index contributed by atoms with van der Waals surface area (Å²) in [4.78, 5) is 12.4. The zero-order chi connectivity index (χ0) is 16.8. The van der Waals surface area contributed by atoms with Gasteiger partial charge in [0.05, 0.1) is 12.0 Å². The van der Waals surface area contributed by atoms with Gasteiger partial charge in [-0.3, -0.25) is 4.79 Å². The van der Waals surface area contributed by atoms with Crippen molar-refractivity contribution < 1.29 is 9.53 Å². The molecule has 4 nitrogen and oxygen atoms in total. The number of carbonyl (C=O) groups is 1. The first-order valence-electron chi connectivity index (χ1n) is 8.00. The second-order valence-corrected chi connectivity index (χ2v) is 6.88. The maximum Gasteiger partial charge on any atom is 0.230 e. The number of ether oxygens (including phenoxy) is 1. The van der Waals surface area contributed by atoms with Crippen LogP contribution in [0.5, 0.6) is 5.75 Å². The predicted molar refractivity (Wildman–Crippen MR) is 98.3 cm³/mol. The third-order valence-electron chi connectivity index (χ3n) is 3.61. The quantitative estimate of drug-likeness (QED) is 0.762. The highest BCUT2D eigenvalue weighted by atomic mass is 35.5. The minimum atomic E-state index is -0.575. The van der Waals surface area contributed by atoms with Gasteiger partial charge in [-0.15, -0.1) is 12.4 Å². The molecule has 0 fully saturated rings. The average Bonchev–Trinajstić information content (AvgIpc) is 2.45. The first-order valence-corrected chi connectivity index (χ1v) is 8.00. The van der Waals surface area contributed by atoms with E-state index >= 15 is 0 Å². The van der Waals surface area contributed by atoms with Gasteiger partial charge in [-0.25, -0.2) is 0 Å². The molecular weight excluding hydrogens is 312 g/mol. The van der Waals surface area contributed by atoms with Crippen molar-refractivity contribution in [2.45, 2.75) is 52.5 Å². The standard InChI is InChI=1S/C18H30N2O2.ClH/c1-13(2)12-22-16-8-6-15(7-9-16)18(4,5)17(21)20-11-10-14(3)19;/h6-9,13-14H,10-12,19H2,1-5H3,(H,20,21);1H. The molecule has 0 saturated heterocycles. The van der Waals surface area contributed by atoms with Crippen LogP contribution in [0.1, 0.15) is 46.6 Å². The van der Waals surface area contributed by atoms with Gasteiger partial charge >= 0.3 is 0 Å². The molecular formula is C18H31ClN2O2. The molecule has 0 aliphatic heterocycles. The van der Waals surface area contributed by atoms with Gasteiger partial charge in [-0.05, 0) is 50.8 Å². The summed E-state index contributed by atoms with van der Waals surface area (Å²) in [7, 11) is 0. The Kier molecular flexibility index (Phi) is 9.25. The molecule has 1 unspecified atom stereocenters. The summed E-state index contributed by atoms with van der Waals surface area (Å²) >= 11 is 0. The number of nitrogens with two attached hydrogens (primary N) is 1. The van der Waals surface area contributed by atoms with Gasteiger partial charge in [0, 0.05) is 12.6 Å². The molecule has 1 aromatic carbocycles. The molecule has 1 rings (SSSR count). The molecule has 0 spiro atoms. The van der Waals surface area contributed by atoms with E-state index in [0.717, 1.165) is 17.7 Å². The van der Waals surface area contributed by atoms with Gasteiger partial charge in [-0.1, -0.05) is 26.0 Å². The van der Waals surface area contributed by atoms with E-state index in [1.807, 2.05) is 45.0 Å². The van der Waals surface area contributed by atoms with Gasteiger partial charge in [0.15, 0.2) is 0 Å². The Hall–Kier alpha value is -1.26. The van der Waals surface area contributed by atoms with E-state index in [-0.39, 0.29) is 24.4 Å². The fourth-order valence-electron chi connectivity index (χ4n) is 2.00. The van der Waals surface area contributed by atoms with Crippen LogP contribution in [0.2, 0.25) is 0 Å². The van der Waals surface area contributed by atoms with Gasteiger partial charge in [0.1, 0.15) is 5.75 Å². The third kappa shape index (κ3) is 7.23. The van der Waals surface area contributed by atoms with Crippen molar-refractivity contribution in [3.8, 4) is 5.75 Å². The van der Waals surface area contributed by atoms with E-state index in [9.17, 15) is 4.79 Å². The molecule has 3 N–H and O–H groups in total. The van der Waals surface area contributed by atoms with Crippen molar-refractivity contribution in [1.82, 2.24) is 5.32 Å². The van der Waals surface area contributed by atoms with E-state index in [2.05, 4.69) is 19.2 Å². The lowest BCUT2D eigenvalue weighted by Crippen LogP contribution is -2.41. The van der Waals surface area contributed by atoms with Crippen LogP contribution in [0.4, 0.5) is 0 Å². The molecule has 0 bridgehead atoms. The molecule has 132 valence electrons. The molecule has 1 atom stereocenters. The summed E-state index contributed by atoms with van der Waals surface area (Å²) in [5.41, 5.74) is 6.10. The Morgan fingerprint density at radius 3 is 2.26 bits per heavy atom. The van der Waals surface area contributed by atoms with Crippen molar-refractivity contribution in [2.75, 3.05) is 13.2 Å². The van der Waals surface area contributed by atoms with Crippen molar-refractivity contribution >= 4 is 18.3 Å². The van der Waals surface area contributed by atoms with Crippen LogP contribution in [-0.2, 0) is 10.2 Å². The minimum absolute atomic E-state index is 0. The Morgan fingerprint density at radius 1 is 1.22 bits per heavy atom. The number of carbonyl (C=O) groups excluding carboxylic acids is 1. The number of nitrogens with one attached hydrogen (secondary N) is 1. The molecule has 23 heavy (non-hydrogen) atoms. The summed E-state index contributed by atoms with van der Waals surface area (Å²) < 4.78 is 5.67. The molecule has 1 aromatic rings. The molecule has 5 heteroatoms. The van der Waals surface area contributed by atoms with Crippen LogP contribution >= 0.6 is 12.4 Å². The fourth-order valence-corrected chi connectivity index (χ4v) is 2.00. The molecule has 1 amide bonds. The van der Waals surface area contributed by atoms with Crippen molar-refractivity contribution in [3.63, 3.8) is 0 Å². The van der Waals surface area contributed by atoms with Crippen LogP contribution in [0, 0.1) is 5.92 Å². The number of amides is 1. The van der Waals surface area contributed by atoms with E-state index in [1.54, 1.807) is 0 Å². The second kappa shape index (κ2) is 9.78. The summed E-state index contributed by atoms with van der Waals surface area (Å²) in [6.07, 6.45) is 0.782.